The van der Waals surface area contributed by atoms with Gasteiger partial charge in [0.2, 0.25) is 11.8 Å². The average molecular weight is 556 g/mol. The lowest BCUT2D eigenvalue weighted by molar-refractivity contribution is -0.183. The van der Waals surface area contributed by atoms with Crippen LogP contribution in [0.1, 0.15) is 65.7 Å². The highest BCUT2D eigenvalue weighted by Crippen LogP contribution is 2.41. The van der Waals surface area contributed by atoms with Gasteiger partial charge >= 0.3 is 6.18 Å². The number of hydrogen-bond acceptors (Lipinski definition) is 8. The van der Waals surface area contributed by atoms with Gasteiger partial charge in [-0.05, 0) is 37.3 Å². The summed E-state index contributed by atoms with van der Waals surface area (Å²) in [5.74, 6) is -6.71. The summed E-state index contributed by atoms with van der Waals surface area (Å²) < 4.78 is 73.2. The molecule has 1 aliphatic carbocycles. The Balaban J connectivity index is 1.39. The first-order valence-corrected chi connectivity index (χ1v) is 12.4. The molecule has 210 valence electrons. The molecular weight excluding hydrogens is 531 g/mol. The molecule has 0 spiro atoms. The second-order valence-electron chi connectivity index (χ2n) is 10.1. The highest BCUT2D eigenvalue weighted by molar-refractivity contribution is 5.93. The Morgan fingerprint density at radius 2 is 2.03 bits per heavy atom. The molecule has 2 aliphatic rings. The van der Waals surface area contributed by atoms with E-state index in [9.17, 15) is 31.5 Å². The van der Waals surface area contributed by atoms with E-state index in [-0.39, 0.29) is 67.3 Å². The van der Waals surface area contributed by atoms with Crippen LogP contribution in [0.4, 0.5) is 22.0 Å². The SMILES string of the molecule is Cc1nonc1C(=O)N[C@H](c1cn2nc(C[C@H]3C[C@@H](C(F)(F)F)CNC3=O)cnc2n1)C1CCC(F)(F)CC1. The average Bonchev–Trinajstić information content (AvgIpc) is 3.49. The summed E-state index contributed by atoms with van der Waals surface area (Å²) in [6, 6.07) is -0.784. The van der Waals surface area contributed by atoms with E-state index in [2.05, 4.69) is 40.6 Å². The van der Waals surface area contributed by atoms with Crippen molar-refractivity contribution in [1.82, 2.24) is 40.5 Å². The van der Waals surface area contributed by atoms with E-state index in [1.165, 1.54) is 23.8 Å². The van der Waals surface area contributed by atoms with Crippen LogP contribution in [0.5, 0.6) is 0 Å². The molecule has 3 aromatic heterocycles. The number of carbonyl (C=O) groups excluding carboxylic acids is 2. The van der Waals surface area contributed by atoms with Crippen LogP contribution < -0.4 is 10.6 Å². The molecule has 16 heteroatoms. The maximum atomic E-state index is 13.9. The second kappa shape index (κ2) is 10.1. The van der Waals surface area contributed by atoms with Crippen LogP contribution in [0.3, 0.4) is 0 Å². The molecule has 1 saturated carbocycles. The minimum atomic E-state index is -4.43. The van der Waals surface area contributed by atoms with E-state index in [4.69, 9.17) is 0 Å². The van der Waals surface area contributed by atoms with Gasteiger partial charge in [-0.3, -0.25) is 9.59 Å². The van der Waals surface area contributed by atoms with E-state index in [0.717, 1.165) is 0 Å². The monoisotopic (exact) mass is 556 g/mol. The number of fused-ring (bicyclic) bond motifs is 1. The van der Waals surface area contributed by atoms with Gasteiger partial charge in [-0.15, -0.1) is 0 Å². The normalized spacial score (nSPS) is 23.0. The van der Waals surface area contributed by atoms with Gasteiger partial charge in [-0.1, -0.05) is 5.16 Å². The summed E-state index contributed by atoms with van der Waals surface area (Å²) in [6.45, 7) is 1.07. The molecular formula is C23H25F5N8O3. The van der Waals surface area contributed by atoms with Crippen LogP contribution in [0, 0.1) is 24.7 Å². The predicted octanol–water partition coefficient (Wildman–Crippen LogP) is 2.97. The van der Waals surface area contributed by atoms with Gasteiger partial charge in [0, 0.05) is 31.7 Å². The first kappa shape index (κ1) is 26.9. The maximum absolute atomic E-state index is 13.9. The van der Waals surface area contributed by atoms with Gasteiger partial charge in [0.05, 0.1) is 35.7 Å². The number of imidazole rings is 1. The van der Waals surface area contributed by atoms with Gasteiger partial charge in [0.1, 0.15) is 5.69 Å². The summed E-state index contributed by atoms with van der Waals surface area (Å²) in [7, 11) is 0. The van der Waals surface area contributed by atoms with Crippen molar-refractivity contribution in [3.8, 4) is 0 Å². The molecule has 0 aromatic carbocycles. The van der Waals surface area contributed by atoms with Crippen molar-refractivity contribution >= 4 is 17.6 Å². The minimum Gasteiger partial charge on any atom is -0.355 e. The number of aromatic nitrogens is 6. The quantitative estimate of drug-likeness (QED) is 0.442. The van der Waals surface area contributed by atoms with E-state index >= 15 is 0 Å². The Kier molecular flexibility index (Phi) is 6.97. The predicted molar refractivity (Wildman–Crippen MR) is 121 cm³/mol. The minimum absolute atomic E-state index is 0.0497. The van der Waals surface area contributed by atoms with Crippen molar-refractivity contribution in [1.29, 1.82) is 0 Å². The van der Waals surface area contributed by atoms with Crippen LogP contribution in [-0.4, -0.2) is 60.4 Å². The molecule has 1 saturated heterocycles. The second-order valence-corrected chi connectivity index (χ2v) is 10.1. The fraction of sp³-hybridized carbons (Fsp3) is 0.609. The number of piperidine rings is 1. The number of rotatable bonds is 6. The van der Waals surface area contributed by atoms with Gasteiger partial charge in [0.25, 0.3) is 11.7 Å². The van der Waals surface area contributed by atoms with Crippen LogP contribution in [0.25, 0.3) is 5.78 Å². The summed E-state index contributed by atoms with van der Waals surface area (Å²) >= 11 is 0. The van der Waals surface area contributed by atoms with Crippen molar-refractivity contribution in [2.45, 2.75) is 63.6 Å². The first-order chi connectivity index (χ1) is 18.4. The van der Waals surface area contributed by atoms with E-state index in [1.54, 1.807) is 0 Å². The fourth-order valence-electron chi connectivity index (χ4n) is 5.14. The van der Waals surface area contributed by atoms with Crippen LogP contribution in [0.15, 0.2) is 17.0 Å². The molecule has 2 amide bonds. The van der Waals surface area contributed by atoms with Crippen LogP contribution in [-0.2, 0) is 11.2 Å². The van der Waals surface area contributed by atoms with Gasteiger partial charge in [-0.25, -0.2) is 27.9 Å². The molecule has 39 heavy (non-hydrogen) atoms. The Hall–Kier alpha value is -3.72. The zero-order chi connectivity index (χ0) is 27.9. The number of halogens is 5. The van der Waals surface area contributed by atoms with Crippen LogP contribution in [0.2, 0.25) is 0 Å². The number of carbonyl (C=O) groups is 2. The number of hydrogen-bond donors (Lipinski definition) is 2. The molecule has 1 aliphatic heterocycles. The molecule has 0 bridgehead atoms. The molecule has 5 rings (SSSR count). The standard InChI is InChI=1S/C23H25F5N8O3/c1-11-17(35-39-34-11)20(38)32-18(12-2-4-22(24,25)5-3-12)16-10-36-21(31-16)30-9-15(33-36)7-13-6-14(23(26,27)28)8-29-19(13)37/h9-10,12-14,18H,2-8H2,1H3,(H,29,37)(H,32,38)/t13-,14-,18+/m1/s1. The maximum Gasteiger partial charge on any atom is 0.393 e. The lowest BCUT2D eigenvalue weighted by atomic mass is 9.81. The number of nitrogens with one attached hydrogen (secondary N) is 2. The Morgan fingerprint density at radius 3 is 2.69 bits per heavy atom. The number of nitrogens with zero attached hydrogens (tertiary/aromatic N) is 6. The van der Waals surface area contributed by atoms with Gasteiger partial charge < -0.3 is 10.6 Å². The van der Waals surface area contributed by atoms with Crippen molar-refractivity contribution in [3.63, 3.8) is 0 Å². The molecule has 4 heterocycles. The third kappa shape index (κ3) is 5.83. The van der Waals surface area contributed by atoms with Gasteiger partial charge in [0.15, 0.2) is 5.69 Å². The summed E-state index contributed by atoms with van der Waals surface area (Å²) in [6.07, 6.45) is -2.46. The number of amides is 2. The molecule has 0 radical (unpaired) electrons. The van der Waals surface area contributed by atoms with Gasteiger partial charge in [-0.2, -0.15) is 18.3 Å². The summed E-state index contributed by atoms with van der Waals surface area (Å²) in [5.41, 5.74) is 0.796. The molecule has 3 atom stereocenters. The van der Waals surface area contributed by atoms with Crippen molar-refractivity contribution in [2.75, 3.05) is 6.54 Å². The highest BCUT2D eigenvalue weighted by atomic mass is 19.4. The zero-order valence-corrected chi connectivity index (χ0v) is 20.7. The van der Waals surface area contributed by atoms with E-state index in [1.807, 2.05) is 0 Å². The highest BCUT2D eigenvalue weighted by Gasteiger charge is 2.45. The smallest absolute Gasteiger partial charge is 0.355 e. The first-order valence-electron chi connectivity index (χ1n) is 12.4. The largest absolute Gasteiger partial charge is 0.393 e. The van der Waals surface area contributed by atoms with E-state index in [0.29, 0.717) is 5.69 Å². The number of aryl methyl sites for hydroxylation is 1. The van der Waals surface area contributed by atoms with Crippen LogP contribution >= 0.6 is 0 Å². The molecule has 2 fully saturated rings. The molecule has 11 nitrogen and oxygen atoms in total. The number of alkyl halides is 5. The molecule has 3 aromatic rings. The summed E-state index contributed by atoms with van der Waals surface area (Å²) in [4.78, 5) is 33.8. The third-order valence-electron chi connectivity index (χ3n) is 7.34. The van der Waals surface area contributed by atoms with Crippen molar-refractivity contribution in [2.24, 2.45) is 17.8 Å². The van der Waals surface area contributed by atoms with Crippen molar-refractivity contribution in [3.05, 3.63) is 35.2 Å². The Bertz CT molecular complexity index is 1360. The van der Waals surface area contributed by atoms with Crippen molar-refractivity contribution < 1.29 is 36.2 Å². The third-order valence-corrected chi connectivity index (χ3v) is 7.34. The molecule has 0 unspecified atom stereocenters. The fourth-order valence-corrected chi connectivity index (χ4v) is 5.14. The van der Waals surface area contributed by atoms with E-state index < -0.39 is 48.3 Å². The lowest BCUT2D eigenvalue weighted by Crippen LogP contribution is -2.47. The zero-order valence-electron chi connectivity index (χ0n) is 20.7. The molecule has 2 N–H and O–H groups in total. The topological polar surface area (TPSA) is 140 Å². The summed E-state index contributed by atoms with van der Waals surface area (Å²) in [5, 5.41) is 16.7. The Morgan fingerprint density at radius 1 is 1.28 bits per heavy atom. The lowest BCUT2D eigenvalue weighted by Gasteiger charge is -2.33. The Labute approximate surface area is 217 Å².